The molecule has 0 spiro atoms. The first-order chi connectivity index (χ1) is 11.1. The zero-order valence-electron chi connectivity index (χ0n) is 15.2. The number of unbranched alkanes of at least 4 members (excludes halogenated alkanes) is 9. The molecule has 138 valence electrons. The maximum absolute atomic E-state index is 10.0. The normalized spacial score (nSPS) is 31.4. The fourth-order valence-corrected chi connectivity index (χ4v) is 3.56. The van der Waals surface area contributed by atoms with Crippen LogP contribution >= 0.6 is 0 Å². The third-order valence-electron chi connectivity index (χ3n) is 5.26. The van der Waals surface area contributed by atoms with Gasteiger partial charge in [-0.3, -0.25) is 0 Å². The first-order valence-corrected chi connectivity index (χ1v) is 9.85. The summed E-state index contributed by atoms with van der Waals surface area (Å²) in [5.41, 5.74) is 0. The van der Waals surface area contributed by atoms with Crippen molar-refractivity contribution in [3.63, 3.8) is 0 Å². The molecule has 0 aromatic carbocycles. The molecule has 0 aliphatic heterocycles. The summed E-state index contributed by atoms with van der Waals surface area (Å²) in [4.78, 5) is 0. The SMILES string of the molecule is CCCCCCCCCCCCN[C@H]1CC(C)[C@@H](O)C(O)[C@@H]1O. The number of rotatable bonds is 12. The van der Waals surface area contributed by atoms with Gasteiger partial charge in [0.25, 0.3) is 0 Å². The molecule has 1 fully saturated rings. The summed E-state index contributed by atoms with van der Waals surface area (Å²) in [7, 11) is 0. The van der Waals surface area contributed by atoms with Crippen LogP contribution in [0.1, 0.15) is 84.5 Å². The fraction of sp³-hybridized carbons (Fsp3) is 1.00. The third kappa shape index (κ3) is 7.97. The topological polar surface area (TPSA) is 72.7 Å². The molecule has 4 N–H and O–H groups in total. The van der Waals surface area contributed by atoms with Crippen LogP contribution in [0.5, 0.6) is 0 Å². The molecule has 0 aromatic rings. The quantitative estimate of drug-likeness (QED) is 0.415. The van der Waals surface area contributed by atoms with Gasteiger partial charge in [-0.1, -0.05) is 71.6 Å². The second kappa shape index (κ2) is 12.2. The van der Waals surface area contributed by atoms with Crippen molar-refractivity contribution in [3.8, 4) is 0 Å². The van der Waals surface area contributed by atoms with Crippen LogP contribution in [-0.2, 0) is 0 Å². The van der Waals surface area contributed by atoms with Crippen molar-refractivity contribution in [2.45, 2.75) is 109 Å². The Balaban J connectivity index is 1.96. The van der Waals surface area contributed by atoms with Crippen LogP contribution in [0, 0.1) is 5.92 Å². The second-order valence-electron chi connectivity index (χ2n) is 7.43. The van der Waals surface area contributed by atoms with E-state index < -0.39 is 18.3 Å². The minimum atomic E-state index is -1.02. The molecular formula is C19H39NO3. The predicted octanol–water partition coefficient (Wildman–Crippen LogP) is 2.99. The van der Waals surface area contributed by atoms with E-state index in [9.17, 15) is 15.3 Å². The van der Waals surface area contributed by atoms with E-state index in [2.05, 4.69) is 12.2 Å². The van der Waals surface area contributed by atoms with Crippen LogP contribution < -0.4 is 5.32 Å². The summed E-state index contributed by atoms with van der Waals surface area (Å²) in [6, 6.07) is -0.0954. The van der Waals surface area contributed by atoms with Crippen LogP contribution in [-0.4, -0.2) is 46.2 Å². The van der Waals surface area contributed by atoms with Crippen LogP contribution in [0.4, 0.5) is 0 Å². The molecule has 4 heteroatoms. The van der Waals surface area contributed by atoms with Crippen molar-refractivity contribution < 1.29 is 15.3 Å². The average molecular weight is 330 g/mol. The Hall–Kier alpha value is -0.160. The number of hydrogen-bond donors (Lipinski definition) is 4. The molecule has 4 nitrogen and oxygen atoms in total. The van der Waals surface area contributed by atoms with Crippen molar-refractivity contribution in [1.82, 2.24) is 5.32 Å². The van der Waals surface area contributed by atoms with E-state index >= 15 is 0 Å². The van der Waals surface area contributed by atoms with Gasteiger partial charge < -0.3 is 20.6 Å². The van der Waals surface area contributed by atoms with E-state index in [1.165, 1.54) is 57.8 Å². The van der Waals surface area contributed by atoms with Gasteiger partial charge in [0.1, 0.15) is 6.10 Å². The van der Waals surface area contributed by atoms with Gasteiger partial charge >= 0.3 is 0 Å². The molecule has 1 rings (SSSR count). The molecule has 0 amide bonds. The lowest BCUT2D eigenvalue weighted by molar-refractivity contribution is -0.119. The van der Waals surface area contributed by atoms with Gasteiger partial charge in [0.15, 0.2) is 0 Å². The molecule has 0 radical (unpaired) electrons. The Bertz CT molecular complexity index is 288. The first kappa shape index (κ1) is 20.9. The van der Waals surface area contributed by atoms with Gasteiger partial charge in [-0.15, -0.1) is 0 Å². The minimum Gasteiger partial charge on any atom is -0.390 e. The predicted molar refractivity (Wildman–Crippen MR) is 95.4 cm³/mol. The van der Waals surface area contributed by atoms with E-state index in [1.54, 1.807) is 0 Å². The lowest BCUT2D eigenvalue weighted by Crippen LogP contribution is -2.57. The standard InChI is InChI=1S/C19H39NO3/c1-3-4-5-6-7-8-9-10-11-12-13-20-16-14-15(2)17(21)19(23)18(16)22/h15-23H,3-14H2,1-2H3/t15?,16-,17+,18+,19?/m0/s1. The monoisotopic (exact) mass is 329 g/mol. The number of aliphatic hydroxyl groups excluding tert-OH is 3. The van der Waals surface area contributed by atoms with Gasteiger partial charge in [-0.2, -0.15) is 0 Å². The molecule has 0 aromatic heterocycles. The molecule has 0 heterocycles. The molecule has 23 heavy (non-hydrogen) atoms. The fourth-order valence-electron chi connectivity index (χ4n) is 3.56. The van der Waals surface area contributed by atoms with Gasteiger partial charge in [-0.05, 0) is 25.3 Å². The van der Waals surface area contributed by atoms with E-state index in [0.717, 1.165) is 19.4 Å². The molecule has 0 saturated heterocycles. The minimum absolute atomic E-state index is 0.0265. The van der Waals surface area contributed by atoms with Crippen molar-refractivity contribution in [2.75, 3.05) is 6.54 Å². The maximum atomic E-state index is 10.0. The molecular weight excluding hydrogens is 290 g/mol. The summed E-state index contributed by atoms with van der Waals surface area (Å²) in [6.45, 7) is 5.06. The van der Waals surface area contributed by atoms with E-state index in [1.807, 2.05) is 6.92 Å². The van der Waals surface area contributed by atoms with Crippen LogP contribution in [0.2, 0.25) is 0 Å². The van der Waals surface area contributed by atoms with Gasteiger partial charge in [-0.25, -0.2) is 0 Å². The highest BCUT2D eigenvalue weighted by atomic mass is 16.4. The number of hydrogen-bond acceptors (Lipinski definition) is 4. The maximum Gasteiger partial charge on any atom is 0.107 e. The Kier molecular flexibility index (Phi) is 11.1. The molecule has 0 bridgehead atoms. The largest absolute Gasteiger partial charge is 0.390 e. The number of nitrogens with one attached hydrogen (secondary N) is 1. The smallest absolute Gasteiger partial charge is 0.107 e. The van der Waals surface area contributed by atoms with Crippen LogP contribution in [0.3, 0.4) is 0 Å². The summed E-state index contributed by atoms with van der Waals surface area (Å²) in [5, 5.41) is 33.0. The summed E-state index contributed by atoms with van der Waals surface area (Å²) < 4.78 is 0. The molecule has 1 saturated carbocycles. The zero-order chi connectivity index (χ0) is 17.1. The van der Waals surface area contributed by atoms with Gasteiger partial charge in [0, 0.05) is 6.04 Å². The lowest BCUT2D eigenvalue weighted by Gasteiger charge is -2.39. The average Bonchev–Trinajstić information content (AvgIpc) is 2.55. The third-order valence-corrected chi connectivity index (χ3v) is 5.26. The zero-order valence-corrected chi connectivity index (χ0v) is 15.2. The summed E-state index contributed by atoms with van der Waals surface area (Å²) >= 11 is 0. The summed E-state index contributed by atoms with van der Waals surface area (Å²) in [6.07, 6.45) is 11.2. The summed E-state index contributed by atoms with van der Waals surface area (Å²) in [5.74, 6) is 0.0265. The van der Waals surface area contributed by atoms with Crippen LogP contribution in [0.25, 0.3) is 0 Å². The molecule has 1 aliphatic rings. The Labute approximate surface area is 142 Å². The van der Waals surface area contributed by atoms with Gasteiger partial charge in [0.2, 0.25) is 0 Å². The first-order valence-electron chi connectivity index (χ1n) is 9.85. The lowest BCUT2D eigenvalue weighted by atomic mass is 9.80. The van der Waals surface area contributed by atoms with Crippen LogP contribution in [0.15, 0.2) is 0 Å². The molecule has 1 aliphatic carbocycles. The highest BCUT2D eigenvalue weighted by Gasteiger charge is 2.40. The number of aliphatic hydroxyl groups is 3. The van der Waals surface area contributed by atoms with Crippen molar-refractivity contribution in [1.29, 1.82) is 0 Å². The molecule has 2 unspecified atom stereocenters. The van der Waals surface area contributed by atoms with E-state index in [4.69, 9.17) is 0 Å². The Morgan fingerprint density at radius 3 is 1.83 bits per heavy atom. The highest BCUT2D eigenvalue weighted by molar-refractivity contribution is 4.94. The van der Waals surface area contributed by atoms with Crippen molar-refractivity contribution in [2.24, 2.45) is 5.92 Å². The van der Waals surface area contributed by atoms with Crippen molar-refractivity contribution >= 4 is 0 Å². The second-order valence-corrected chi connectivity index (χ2v) is 7.43. The van der Waals surface area contributed by atoms with E-state index in [0.29, 0.717) is 0 Å². The molecule has 5 atom stereocenters. The van der Waals surface area contributed by atoms with E-state index in [-0.39, 0.29) is 12.0 Å². The van der Waals surface area contributed by atoms with Gasteiger partial charge in [0.05, 0.1) is 12.2 Å². The Morgan fingerprint density at radius 2 is 1.26 bits per heavy atom. The van der Waals surface area contributed by atoms with Crippen molar-refractivity contribution in [3.05, 3.63) is 0 Å². The Morgan fingerprint density at radius 1 is 0.739 bits per heavy atom. The highest BCUT2D eigenvalue weighted by Crippen LogP contribution is 2.25.